The van der Waals surface area contributed by atoms with E-state index >= 15 is 0 Å². The largest absolute Gasteiger partial charge is 1.00 e. The first kappa shape index (κ1) is 25.0. The van der Waals surface area contributed by atoms with Crippen molar-refractivity contribution in [1.29, 1.82) is 0 Å². The number of likely N-dealkylation sites (N-methyl/N-ethyl adjacent to an activating group) is 1. The van der Waals surface area contributed by atoms with E-state index in [1.165, 1.54) is 63.3 Å². The molecule has 0 unspecified atom stereocenters. The zero-order valence-electron chi connectivity index (χ0n) is 12.6. The van der Waals surface area contributed by atoms with Crippen LogP contribution in [0.1, 0.15) is 32.6 Å². The molecule has 0 aromatic rings. The van der Waals surface area contributed by atoms with Gasteiger partial charge in [0.2, 0.25) is 0 Å². The van der Waals surface area contributed by atoms with Crippen LogP contribution in [0.3, 0.4) is 0 Å². The first-order valence-corrected chi connectivity index (χ1v) is 6.69. The zero-order chi connectivity index (χ0) is 13.0. The topological polar surface area (TPSA) is 43.2 Å². The van der Waals surface area contributed by atoms with Crippen molar-refractivity contribution in [3.63, 3.8) is 0 Å². The maximum atomic E-state index is 8.94. The molecule has 0 bridgehead atoms. The molecule has 1 rings (SSSR count). The van der Waals surface area contributed by atoms with Crippen molar-refractivity contribution in [2.75, 3.05) is 46.8 Å². The summed E-state index contributed by atoms with van der Waals surface area (Å²) in [5, 5.41) is 6.53. The van der Waals surface area contributed by atoms with Crippen LogP contribution in [-0.4, -0.2) is 57.7 Å². The monoisotopic (exact) mass is 410 g/mol. The summed E-state index contributed by atoms with van der Waals surface area (Å²) < 4.78 is 1.27. The molecule has 1 fully saturated rings. The maximum Gasteiger partial charge on any atom is 0.0783 e. The molecule has 1 radical (unpaired) electrons. The van der Waals surface area contributed by atoms with Crippen LogP contribution in [0.4, 0.5) is 0 Å². The smallest absolute Gasteiger partial charge is 0.0783 e. The molecule has 0 aromatic heterocycles. The van der Waals surface area contributed by atoms with Gasteiger partial charge in [0, 0.05) is 32.7 Å². The van der Waals surface area contributed by atoms with Crippen LogP contribution in [0.25, 0.3) is 5.32 Å². The summed E-state index contributed by atoms with van der Waals surface area (Å²) in [6, 6.07) is 0. The molecule has 1 aliphatic heterocycles. The Labute approximate surface area is 154 Å². The van der Waals surface area contributed by atoms with Crippen LogP contribution in [0.2, 0.25) is 0 Å². The average Bonchev–Trinajstić information content (AvgIpc) is 2.36. The van der Waals surface area contributed by atoms with Crippen LogP contribution in [-0.2, 0) is 37.5 Å². The molecule has 19 heavy (non-hydrogen) atoms. The summed E-state index contributed by atoms with van der Waals surface area (Å²) in [7, 11) is 3.90. The number of piperazine rings is 1. The SMILES string of the molecule is CCCCCC[N+]1(C)CC[N-]CC1.CN[C-]=O.[Br-].[Y]. The van der Waals surface area contributed by atoms with Gasteiger partial charge in [0.05, 0.1) is 26.7 Å². The van der Waals surface area contributed by atoms with E-state index in [9.17, 15) is 0 Å². The van der Waals surface area contributed by atoms with Crippen LogP contribution < -0.4 is 22.3 Å². The van der Waals surface area contributed by atoms with Crippen molar-refractivity contribution >= 4 is 6.41 Å². The molecule has 113 valence electrons. The number of halogens is 1. The molecule has 6 heteroatoms. The number of nitrogens with zero attached hydrogens (tertiary/aromatic N) is 2. The van der Waals surface area contributed by atoms with Gasteiger partial charge in [0.25, 0.3) is 0 Å². The molecule has 1 aliphatic rings. The fourth-order valence-electron chi connectivity index (χ4n) is 1.99. The van der Waals surface area contributed by atoms with Gasteiger partial charge in [-0.3, -0.25) is 0 Å². The number of nitrogens with one attached hydrogen (secondary N) is 1. The van der Waals surface area contributed by atoms with Gasteiger partial charge in [-0.05, 0) is 19.9 Å². The third-order valence-corrected chi connectivity index (χ3v) is 3.25. The van der Waals surface area contributed by atoms with E-state index in [0.717, 1.165) is 13.1 Å². The standard InChI is InChI=1S/C11H24N2.C2H4NO.BrH.Y/c1-3-4-5-6-9-13(2)10-7-12-8-11-13;1-3-2-4;;/h3-11H2,1-2H3;1H3,(H,3,4);1H;/q;-1;;/p-1. The second kappa shape index (κ2) is 17.0. The Morgan fingerprint density at radius 2 is 1.74 bits per heavy atom. The molecule has 1 amide bonds. The molecule has 4 nitrogen and oxygen atoms in total. The number of carbonyl (C=O) groups excluding carboxylic acids is 1. The van der Waals surface area contributed by atoms with Crippen molar-refractivity contribution in [2.24, 2.45) is 0 Å². The molecule has 1 heterocycles. The third-order valence-electron chi connectivity index (χ3n) is 3.25. The Hall–Kier alpha value is 0.974. The summed E-state index contributed by atoms with van der Waals surface area (Å²) in [5.41, 5.74) is 0. The summed E-state index contributed by atoms with van der Waals surface area (Å²) in [6.45, 7) is 8.36. The number of amides is 1. The minimum atomic E-state index is 0. The second-order valence-corrected chi connectivity index (χ2v) is 4.87. The predicted octanol–water partition coefficient (Wildman–Crippen LogP) is -1.32. The first-order valence-electron chi connectivity index (χ1n) is 6.69. The van der Waals surface area contributed by atoms with E-state index < -0.39 is 0 Å². The molecule has 1 saturated heterocycles. The van der Waals surface area contributed by atoms with Gasteiger partial charge in [-0.25, -0.2) is 0 Å². The number of hydrogen-bond donors (Lipinski definition) is 1. The second-order valence-electron chi connectivity index (χ2n) is 4.87. The normalized spacial score (nSPS) is 15.9. The zero-order valence-corrected chi connectivity index (χ0v) is 17.0. The van der Waals surface area contributed by atoms with Gasteiger partial charge < -0.3 is 36.9 Å². The third kappa shape index (κ3) is 15.2. The number of hydrogen-bond acceptors (Lipinski definition) is 1. The van der Waals surface area contributed by atoms with Crippen molar-refractivity contribution < 1.29 is 59.0 Å². The first-order chi connectivity index (χ1) is 8.18. The Morgan fingerprint density at radius 3 is 2.16 bits per heavy atom. The average molecular weight is 411 g/mol. The van der Waals surface area contributed by atoms with E-state index in [1.807, 2.05) is 0 Å². The van der Waals surface area contributed by atoms with E-state index in [1.54, 1.807) is 0 Å². The van der Waals surface area contributed by atoms with E-state index in [2.05, 4.69) is 24.6 Å². The van der Waals surface area contributed by atoms with Crippen molar-refractivity contribution in [3.8, 4) is 0 Å². The van der Waals surface area contributed by atoms with Crippen LogP contribution in [0.15, 0.2) is 0 Å². The summed E-state index contributed by atoms with van der Waals surface area (Å²) in [5.74, 6) is 0. The number of quaternary nitrogens is 1. The summed E-state index contributed by atoms with van der Waals surface area (Å²) in [4.78, 5) is 8.94. The molecular formula is C13H28BrN3OY-2. The van der Waals surface area contributed by atoms with Gasteiger partial charge in [0.1, 0.15) is 0 Å². The molecule has 0 saturated carbocycles. The van der Waals surface area contributed by atoms with Gasteiger partial charge in [0.15, 0.2) is 0 Å². The van der Waals surface area contributed by atoms with Crippen LogP contribution in [0, 0.1) is 0 Å². The Morgan fingerprint density at radius 1 is 1.21 bits per heavy atom. The quantitative estimate of drug-likeness (QED) is 0.251. The minimum Gasteiger partial charge on any atom is -1.00 e. The Kier molecular flexibility index (Phi) is 22.4. The molecule has 0 aliphatic carbocycles. The van der Waals surface area contributed by atoms with Gasteiger partial charge in [-0.15, -0.1) is 0 Å². The fraction of sp³-hybridized carbons (Fsp3) is 0.923. The van der Waals surface area contributed by atoms with Crippen molar-refractivity contribution in [1.82, 2.24) is 5.32 Å². The molecule has 0 spiro atoms. The van der Waals surface area contributed by atoms with Gasteiger partial charge in [-0.1, -0.05) is 32.9 Å². The summed E-state index contributed by atoms with van der Waals surface area (Å²) >= 11 is 0. The Bertz CT molecular complexity index is 191. The van der Waals surface area contributed by atoms with Crippen LogP contribution in [0.5, 0.6) is 0 Å². The van der Waals surface area contributed by atoms with Gasteiger partial charge >= 0.3 is 0 Å². The van der Waals surface area contributed by atoms with Crippen molar-refractivity contribution in [3.05, 3.63) is 5.32 Å². The molecular weight excluding hydrogens is 383 g/mol. The van der Waals surface area contributed by atoms with Gasteiger partial charge in [-0.2, -0.15) is 6.41 Å². The number of rotatable bonds is 6. The fourth-order valence-corrected chi connectivity index (χ4v) is 1.99. The van der Waals surface area contributed by atoms with Crippen LogP contribution >= 0.6 is 0 Å². The minimum absolute atomic E-state index is 0. The summed E-state index contributed by atoms with van der Waals surface area (Å²) in [6.07, 6.45) is 7.01. The predicted molar refractivity (Wildman–Crippen MR) is 72.8 cm³/mol. The van der Waals surface area contributed by atoms with E-state index in [-0.39, 0.29) is 49.7 Å². The van der Waals surface area contributed by atoms with Crippen molar-refractivity contribution in [2.45, 2.75) is 32.6 Å². The molecule has 0 aromatic carbocycles. The maximum absolute atomic E-state index is 8.94. The molecule has 0 atom stereocenters. The number of unbranched alkanes of at least 4 members (excludes halogenated alkanes) is 3. The molecule has 1 N–H and O–H groups in total. The van der Waals surface area contributed by atoms with E-state index in [0.29, 0.717) is 0 Å². The Balaban J connectivity index is -0.000000379. The van der Waals surface area contributed by atoms with E-state index in [4.69, 9.17) is 4.79 Å².